The summed E-state index contributed by atoms with van der Waals surface area (Å²) in [4.78, 5) is 0. The van der Waals surface area contributed by atoms with Crippen molar-refractivity contribution in [3.8, 4) is 0 Å². The second kappa shape index (κ2) is 3.64. The predicted octanol–water partition coefficient (Wildman–Crippen LogP) is 1.64. The standard InChI is InChI=1S/C8H16N4O/c1-4-8(3,5-2)10-7-12-11-6(9)13-7/h4-5H2,1-3H3,(H2,9,11)(H,10,12). The van der Waals surface area contributed by atoms with Crippen molar-refractivity contribution in [2.75, 3.05) is 11.1 Å². The highest BCUT2D eigenvalue weighted by Gasteiger charge is 2.21. The minimum atomic E-state index is -0.00102. The van der Waals surface area contributed by atoms with Crippen LogP contribution in [0.25, 0.3) is 0 Å². The van der Waals surface area contributed by atoms with Crippen LogP contribution >= 0.6 is 0 Å². The van der Waals surface area contributed by atoms with E-state index in [1.54, 1.807) is 0 Å². The lowest BCUT2D eigenvalue weighted by molar-refractivity contribution is 0.452. The van der Waals surface area contributed by atoms with Gasteiger partial charge in [0.25, 0.3) is 0 Å². The molecule has 1 aromatic rings. The third-order valence-corrected chi connectivity index (χ3v) is 2.41. The van der Waals surface area contributed by atoms with Crippen LogP contribution in [0.15, 0.2) is 4.42 Å². The number of nitrogen functional groups attached to an aromatic ring is 1. The Morgan fingerprint density at radius 1 is 1.38 bits per heavy atom. The van der Waals surface area contributed by atoms with Gasteiger partial charge >= 0.3 is 12.0 Å². The number of nitrogens with one attached hydrogen (secondary N) is 1. The van der Waals surface area contributed by atoms with Crippen molar-refractivity contribution in [1.82, 2.24) is 10.2 Å². The maximum absolute atomic E-state index is 5.30. The first-order valence-electron chi connectivity index (χ1n) is 4.47. The number of nitrogens with two attached hydrogens (primary N) is 1. The van der Waals surface area contributed by atoms with Gasteiger partial charge in [-0.2, -0.15) is 0 Å². The summed E-state index contributed by atoms with van der Waals surface area (Å²) in [5, 5.41) is 10.5. The molecule has 13 heavy (non-hydrogen) atoms. The number of hydrogen-bond donors (Lipinski definition) is 2. The minimum absolute atomic E-state index is 0.00102. The Hall–Kier alpha value is -1.26. The van der Waals surface area contributed by atoms with E-state index in [0.29, 0.717) is 6.01 Å². The minimum Gasteiger partial charge on any atom is -0.390 e. The molecule has 0 fully saturated rings. The molecule has 0 aliphatic heterocycles. The normalized spacial score (nSPS) is 11.6. The lowest BCUT2D eigenvalue weighted by atomic mass is 9.96. The van der Waals surface area contributed by atoms with E-state index in [0.717, 1.165) is 12.8 Å². The van der Waals surface area contributed by atoms with Gasteiger partial charge in [0, 0.05) is 5.54 Å². The maximum atomic E-state index is 5.30. The second-order valence-corrected chi connectivity index (χ2v) is 3.34. The molecule has 74 valence electrons. The molecule has 3 N–H and O–H groups in total. The van der Waals surface area contributed by atoms with Gasteiger partial charge in [-0.15, -0.1) is 0 Å². The summed E-state index contributed by atoms with van der Waals surface area (Å²) in [6.45, 7) is 6.32. The van der Waals surface area contributed by atoms with Gasteiger partial charge < -0.3 is 15.5 Å². The van der Waals surface area contributed by atoms with Crippen molar-refractivity contribution >= 4 is 12.0 Å². The molecule has 1 aromatic heterocycles. The number of anilines is 2. The van der Waals surface area contributed by atoms with Gasteiger partial charge in [-0.1, -0.05) is 24.0 Å². The average molecular weight is 184 g/mol. The van der Waals surface area contributed by atoms with Crippen LogP contribution in [-0.2, 0) is 0 Å². The van der Waals surface area contributed by atoms with Gasteiger partial charge in [0.05, 0.1) is 0 Å². The van der Waals surface area contributed by atoms with Crippen LogP contribution in [-0.4, -0.2) is 15.7 Å². The van der Waals surface area contributed by atoms with Crippen LogP contribution in [0.2, 0.25) is 0 Å². The first-order valence-corrected chi connectivity index (χ1v) is 4.47. The Morgan fingerprint density at radius 2 is 2.00 bits per heavy atom. The van der Waals surface area contributed by atoms with Gasteiger partial charge in [0.15, 0.2) is 0 Å². The Morgan fingerprint density at radius 3 is 2.38 bits per heavy atom. The molecule has 0 aliphatic rings. The summed E-state index contributed by atoms with van der Waals surface area (Å²) in [6, 6.07) is 0.487. The van der Waals surface area contributed by atoms with E-state index in [2.05, 4.69) is 36.3 Å². The zero-order valence-electron chi connectivity index (χ0n) is 8.29. The van der Waals surface area contributed by atoms with E-state index in [9.17, 15) is 0 Å². The van der Waals surface area contributed by atoms with Crippen molar-refractivity contribution in [2.45, 2.75) is 39.2 Å². The largest absolute Gasteiger partial charge is 0.390 e. The molecule has 0 unspecified atom stereocenters. The van der Waals surface area contributed by atoms with Crippen molar-refractivity contribution < 1.29 is 4.42 Å². The van der Waals surface area contributed by atoms with Gasteiger partial charge in [-0.05, 0) is 19.8 Å². The highest BCUT2D eigenvalue weighted by Crippen LogP contribution is 2.20. The number of hydrogen-bond acceptors (Lipinski definition) is 5. The second-order valence-electron chi connectivity index (χ2n) is 3.34. The van der Waals surface area contributed by atoms with Crippen molar-refractivity contribution in [3.05, 3.63) is 0 Å². The number of aromatic nitrogens is 2. The lowest BCUT2D eigenvalue weighted by Crippen LogP contribution is -2.33. The monoisotopic (exact) mass is 184 g/mol. The van der Waals surface area contributed by atoms with E-state index in [-0.39, 0.29) is 11.6 Å². The third kappa shape index (κ3) is 2.34. The summed E-state index contributed by atoms with van der Waals surface area (Å²) in [5.41, 5.74) is 5.30. The van der Waals surface area contributed by atoms with Gasteiger partial charge in [-0.3, -0.25) is 0 Å². The highest BCUT2D eigenvalue weighted by atomic mass is 16.4. The van der Waals surface area contributed by atoms with E-state index in [4.69, 9.17) is 10.2 Å². The molecule has 5 heteroatoms. The van der Waals surface area contributed by atoms with Crippen LogP contribution in [0, 0.1) is 0 Å². The average Bonchev–Trinajstić information content (AvgIpc) is 2.51. The van der Waals surface area contributed by atoms with Crippen LogP contribution in [0.5, 0.6) is 0 Å². The Balaban J connectivity index is 2.67. The molecular weight excluding hydrogens is 168 g/mol. The lowest BCUT2D eigenvalue weighted by Gasteiger charge is -2.26. The molecule has 0 radical (unpaired) electrons. The fraction of sp³-hybridized carbons (Fsp3) is 0.750. The molecule has 1 heterocycles. The number of nitrogens with zero attached hydrogens (tertiary/aromatic N) is 2. The first-order chi connectivity index (χ1) is 6.09. The molecule has 1 rings (SSSR count). The smallest absolute Gasteiger partial charge is 0.317 e. The summed E-state index contributed by atoms with van der Waals surface area (Å²) < 4.78 is 5.03. The summed E-state index contributed by atoms with van der Waals surface area (Å²) in [7, 11) is 0. The Kier molecular flexibility index (Phi) is 2.75. The van der Waals surface area contributed by atoms with Crippen molar-refractivity contribution in [1.29, 1.82) is 0 Å². The van der Waals surface area contributed by atoms with Gasteiger partial charge in [0.1, 0.15) is 0 Å². The van der Waals surface area contributed by atoms with E-state index >= 15 is 0 Å². The molecule has 0 amide bonds. The first kappa shape index (κ1) is 9.83. The maximum Gasteiger partial charge on any atom is 0.317 e. The quantitative estimate of drug-likeness (QED) is 0.743. The fourth-order valence-corrected chi connectivity index (χ4v) is 0.970. The van der Waals surface area contributed by atoms with Gasteiger partial charge in [0.2, 0.25) is 0 Å². The summed E-state index contributed by atoms with van der Waals surface area (Å²) >= 11 is 0. The highest BCUT2D eigenvalue weighted by molar-refractivity contribution is 5.26. The topological polar surface area (TPSA) is 77.0 Å². The van der Waals surface area contributed by atoms with Gasteiger partial charge in [-0.25, -0.2) is 0 Å². The fourth-order valence-electron chi connectivity index (χ4n) is 0.970. The molecule has 0 spiro atoms. The van der Waals surface area contributed by atoms with Crippen LogP contribution < -0.4 is 11.1 Å². The van der Waals surface area contributed by atoms with E-state index in [1.165, 1.54) is 0 Å². The molecule has 0 saturated heterocycles. The SMILES string of the molecule is CCC(C)(CC)Nc1nnc(N)o1. The van der Waals surface area contributed by atoms with E-state index in [1.807, 2.05) is 0 Å². The summed E-state index contributed by atoms with van der Waals surface area (Å²) in [5.74, 6) is 0. The molecule has 0 bridgehead atoms. The Labute approximate surface area is 77.7 Å². The van der Waals surface area contributed by atoms with Crippen molar-refractivity contribution in [2.24, 2.45) is 0 Å². The van der Waals surface area contributed by atoms with Crippen LogP contribution in [0.3, 0.4) is 0 Å². The van der Waals surface area contributed by atoms with Crippen LogP contribution in [0.1, 0.15) is 33.6 Å². The Bertz CT molecular complexity index is 267. The summed E-state index contributed by atoms with van der Waals surface area (Å²) in [6.07, 6.45) is 1.98. The number of rotatable bonds is 4. The molecule has 0 aromatic carbocycles. The molecule has 0 saturated carbocycles. The van der Waals surface area contributed by atoms with Crippen LogP contribution in [0.4, 0.5) is 12.0 Å². The molecule has 0 atom stereocenters. The van der Waals surface area contributed by atoms with Crippen molar-refractivity contribution in [3.63, 3.8) is 0 Å². The third-order valence-electron chi connectivity index (χ3n) is 2.41. The molecular formula is C8H16N4O. The molecule has 5 nitrogen and oxygen atoms in total. The molecule has 0 aliphatic carbocycles. The zero-order valence-corrected chi connectivity index (χ0v) is 8.29. The van der Waals surface area contributed by atoms with E-state index < -0.39 is 0 Å². The predicted molar refractivity (Wildman–Crippen MR) is 51.3 cm³/mol. The zero-order chi connectivity index (χ0) is 9.90.